The lowest BCUT2D eigenvalue weighted by Gasteiger charge is -2.33. The summed E-state index contributed by atoms with van der Waals surface area (Å²) in [4.78, 5) is 7.16. The van der Waals surface area contributed by atoms with Gasteiger partial charge in [0.2, 0.25) is 0 Å². The third-order valence-corrected chi connectivity index (χ3v) is 3.90. The van der Waals surface area contributed by atoms with Crippen molar-refractivity contribution < 1.29 is 4.74 Å². The maximum Gasteiger partial charge on any atom is 0.129 e. The Kier molecular flexibility index (Phi) is 5.80. The largest absolute Gasteiger partial charge is 0.380 e. The van der Waals surface area contributed by atoms with Crippen molar-refractivity contribution in [1.82, 2.24) is 10.3 Å². The van der Waals surface area contributed by atoms with Crippen LogP contribution in [0, 0.1) is 0 Å². The molecule has 1 aromatic heterocycles. The Bertz CT molecular complexity index is 422. The molecule has 1 aliphatic rings. The lowest BCUT2D eigenvalue weighted by atomic mass is 10.1. The summed E-state index contributed by atoms with van der Waals surface area (Å²) < 4.78 is 5.51. The lowest BCUT2D eigenvalue weighted by Crippen LogP contribution is -2.39. The molecule has 0 radical (unpaired) electrons. The molecular formula is C16H27N3O. The molecule has 0 spiro atoms. The Hall–Kier alpha value is -1.13. The Balaban J connectivity index is 2.16. The molecule has 2 heterocycles. The smallest absolute Gasteiger partial charge is 0.129 e. The van der Waals surface area contributed by atoms with Crippen molar-refractivity contribution in [3.05, 3.63) is 23.4 Å². The van der Waals surface area contributed by atoms with Gasteiger partial charge in [0, 0.05) is 32.4 Å². The van der Waals surface area contributed by atoms with E-state index in [1.54, 1.807) is 7.11 Å². The van der Waals surface area contributed by atoms with E-state index in [0.29, 0.717) is 6.10 Å². The SMILES string of the molecule is CCNCc1cc(CC)nc(N2CCCC(OC)C2)c1. The monoisotopic (exact) mass is 277 g/mol. The van der Waals surface area contributed by atoms with Gasteiger partial charge in [0.25, 0.3) is 0 Å². The second-order valence-electron chi connectivity index (χ2n) is 5.40. The fourth-order valence-electron chi connectivity index (χ4n) is 2.69. The van der Waals surface area contributed by atoms with Gasteiger partial charge in [-0.15, -0.1) is 0 Å². The van der Waals surface area contributed by atoms with E-state index in [-0.39, 0.29) is 0 Å². The predicted octanol–water partition coefficient (Wildman–Crippen LogP) is 2.37. The van der Waals surface area contributed by atoms with Crippen LogP contribution in [0.4, 0.5) is 5.82 Å². The van der Waals surface area contributed by atoms with Crippen LogP contribution in [0.2, 0.25) is 0 Å². The van der Waals surface area contributed by atoms with Gasteiger partial charge in [-0.25, -0.2) is 4.98 Å². The van der Waals surface area contributed by atoms with Crippen LogP contribution in [0.25, 0.3) is 0 Å². The van der Waals surface area contributed by atoms with Gasteiger partial charge in [-0.1, -0.05) is 13.8 Å². The Morgan fingerprint density at radius 3 is 2.95 bits per heavy atom. The fourth-order valence-corrected chi connectivity index (χ4v) is 2.69. The van der Waals surface area contributed by atoms with E-state index in [2.05, 4.69) is 36.2 Å². The first-order valence-corrected chi connectivity index (χ1v) is 7.75. The Labute approximate surface area is 122 Å². The second-order valence-corrected chi connectivity index (χ2v) is 5.40. The summed E-state index contributed by atoms with van der Waals surface area (Å²) in [5.41, 5.74) is 2.50. The van der Waals surface area contributed by atoms with E-state index < -0.39 is 0 Å². The molecule has 0 bridgehead atoms. The van der Waals surface area contributed by atoms with Gasteiger partial charge < -0.3 is 15.0 Å². The summed E-state index contributed by atoms with van der Waals surface area (Å²) in [6.45, 7) is 8.25. The van der Waals surface area contributed by atoms with Crippen molar-refractivity contribution >= 4 is 5.82 Å². The molecule has 1 N–H and O–H groups in total. The molecule has 1 aliphatic heterocycles. The lowest BCUT2D eigenvalue weighted by molar-refractivity contribution is 0.0891. The minimum atomic E-state index is 0.341. The molecule has 4 heteroatoms. The number of hydrogen-bond donors (Lipinski definition) is 1. The van der Waals surface area contributed by atoms with Gasteiger partial charge in [-0.2, -0.15) is 0 Å². The average molecular weight is 277 g/mol. The molecule has 1 aromatic rings. The quantitative estimate of drug-likeness (QED) is 0.866. The van der Waals surface area contributed by atoms with E-state index in [9.17, 15) is 0 Å². The van der Waals surface area contributed by atoms with Gasteiger partial charge in [0.1, 0.15) is 5.82 Å². The van der Waals surface area contributed by atoms with Gasteiger partial charge in [-0.3, -0.25) is 0 Å². The van der Waals surface area contributed by atoms with Crippen molar-refractivity contribution in [3.8, 4) is 0 Å². The van der Waals surface area contributed by atoms with Crippen LogP contribution in [0.3, 0.4) is 0 Å². The molecular weight excluding hydrogens is 250 g/mol. The number of aromatic nitrogens is 1. The van der Waals surface area contributed by atoms with Crippen LogP contribution in [-0.2, 0) is 17.7 Å². The summed E-state index contributed by atoms with van der Waals surface area (Å²) in [6.07, 6.45) is 3.66. The highest BCUT2D eigenvalue weighted by molar-refractivity contribution is 5.43. The zero-order chi connectivity index (χ0) is 14.4. The number of nitrogens with zero attached hydrogens (tertiary/aromatic N) is 2. The number of methoxy groups -OCH3 is 1. The molecule has 112 valence electrons. The molecule has 0 aromatic carbocycles. The molecule has 4 nitrogen and oxygen atoms in total. The number of rotatable bonds is 6. The normalized spacial score (nSPS) is 19.4. The number of anilines is 1. The highest BCUT2D eigenvalue weighted by Crippen LogP contribution is 2.21. The molecule has 0 amide bonds. The van der Waals surface area contributed by atoms with E-state index in [1.807, 2.05) is 0 Å². The average Bonchev–Trinajstić information content (AvgIpc) is 2.52. The number of aryl methyl sites for hydroxylation is 1. The minimum absolute atomic E-state index is 0.341. The van der Waals surface area contributed by atoms with E-state index in [4.69, 9.17) is 9.72 Å². The van der Waals surface area contributed by atoms with Crippen LogP contribution in [-0.4, -0.2) is 37.8 Å². The van der Waals surface area contributed by atoms with Gasteiger partial charge in [0.15, 0.2) is 0 Å². The second kappa shape index (κ2) is 7.60. The molecule has 1 saturated heterocycles. The van der Waals surface area contributed by atoms with Crippen LogP contribution < -0.4 is 10.2 Å². The Morgan fingerprint density at radius 1 is 1.40 bits per heavy atom. The van der Waals surface area contributed by atoms with Crippen molar-refractivity contribution in [2.24, 2.45) is 0 Å². The molecule has 0 saturated carbocycles. The molecule has 1 atom stereocenters. The van der Waals surface area contributed by atoms with Crippen LogP contribution in [0.15, 0.2) is 12.1 Å². The molecule has 1 fully saturated rings. The summed E-state index contributed by atoms with van der Waals surface area (Å²) >= 11 is 0. The number of pyridine rings is 1. The van der Waals surface area contributed by atoms with Crippen LogP contribution >= 0.6 is 0 Å². The summed E-state index contributed by atoms with van der Waals surface area (Å²) in [7, 11) is 1.81. The number of piperidine rings is 1. The molecule has 2 rings (SSSR count). The van der Waals surface area contributed by atoms with Crippen LogP contribution in [0.1, 0.15) is 37.9 Å². The van der Waals surface area contributed by atoms with Crippen molar-refractivity contribution in [1.29, 1.82) is 0 Å². The summed E-state index contributed by atoms with van der Waals surface area (Å²) in [5, 5.41) is 3.39. The van der Waals surface area contributed by atoms with Crippen molar-refractivity contribution in [2.75, 3.05) is 31.6 Å². The standard InChI is InChI=1S/C16H27N3O/c1-4-14-9-13(11-17-5-2)10-16(18-14)19-8-6-7-15(12-19)20-3/h9-10,15,17H,4-8,11-12H2,1-3H3. The highest BCUT2D eigenvalue weighted by atomic mass is 16.5. The van der Waals surface area contributed by atoms with Crippen molar-refractivity contribution in [3.63, 3.8) is 0 Å². The third-order valence-electron chi connectivity index (χ3n) is 3.90. The van der Waals surface area contributed by atoms with Gasteiger partial charge >= 0.3 is 0 Å². The van der Waals surface area contributed by atoms with E-state index >= 15 is 0 Å². The van der Waals surface area contributed by atoms with E-state index in [1.165, 1.54) is 17.7 Å². The van der Waals surface area contributed by atoms with Crippen LogP contribution in [0.5, 0.6) is 0 Å². The topological polar surface area (TPSA) is 37.4 Å². The minimum Gasteiger partial charge on any atom is -0.380 e. The third kappa shape index (κ3) is 3.93. The molecule has 20 heavy (non-hydrogen) atoms. The zero-order valence-corrected chi connectivity index (χ0v) is 13.0. The maximum atomic E-state index is 5.51. The fraction of sp³-hybridized carbons (Fsp3) is 0.688. The van der Waals surface area contributed by atoms with Gasteiger partial charge in [-0.05, 0) is 43.5 Å². The summed E-state index contributed by atoms with van der Waals surface area (Å²) in [5.74, 6) is 1.11. The molecule has 1 unspecified atom stereocenters. The van der Waals surface area contributed by atoms with Crippen molar-refractivity contribution in [2.45, 2.75) is 45.8 Å². The molecule has 0 aliphatic carbocycles. The first kappa shape index (κ1) is 15.3. The number of ether oxygens (including phenoxy) is 1. The number of hydrogen-bond acceptors (Lipinski definition) is 4. The Morgan fingerprint density at radius 2 is 2.25 bits per heavy atom. The first-order chi connectivity index (χ1) is 9.76. The predicted molar refractivity (Wildman–Crippen MR) is 83.2 cm³/mol. The summed E-state index contributed by atoms with van der Waals surface area (Å²) in [6, 6.07) is 4.43. The number of nitrogens with one attached hydrogen (secondary N) is 1. The van der Waals surface area contributed by atoms with Gasteiger partial charge in [0.05, 0.1) is 6.10 Å². The highest BCUT2D eigenvalue weighted by Gasteiger charge is 2.21. The van der Waals surface area contributed by atoms with E-state index in [0.717, 1.165) is 44.8 Å². The zero-order valence-electron chi connectivity index (χ0n) is 13.0. The first-order valence-electron chi connectivity index (χ1n) is 7.75. The maximum absolute atomic E-state index is 5.51.